The second-order valence-electron chi connectivity index (χ2n) is 7.05. The molecule has 0 aliphatic rings. The number of ether oxygens (including phenoxy) is 1. The number of rotatable bonds is 6. The number of methoxy groups -OCH3 is 1. The SMILES string of the molecule is COc1ccc(Cl)cc1NC(=O)/C(C#N)=C\c1cn(-c2ccccc2)nc1-c1ccccc1. The first-order chi connectivity index (χ1) is 16.1. The molecule has 0 aliphatic heterocycles. The summed E-state index contributed by atoms with van der Waals surface area (Å²) in [6.07, 6.45) is 3.32. The molecule has 1 amide bonds. The van der Waals surface area contributed by atoms with E-state index in [0.29, 0.717) is 27.7 Å². The summed E-state index contributed by atoms with van der Waals surface area (Å²) in [4.78, 5) is 12.9. The monoisotopic (exact) mass is 454 g/mol. The van der Waals surface area contributed by atoms with Crippen molar-refractivity contribution in [3.8, 4) is 28.8 Å². The van der Waals surface area contributed by atoms with Gasteiger partial charge in [-0.1, -0.05) is 60.1 Å². The standard InChI is InChI=1S/C26H19ClN4O2/c1-33-24-13-12-21(27)15-23(24)29-26(32)19(16-28)14-20-17-31(22-10-6-3-7-11-22)30-25(20)18-8-4-2-5-9-18/h2-15,17H,1H3,(H,29,32)/b19-14-. The summed E-state index contributed by atoms with van der Waals surface area (Å²) in [6.45, 7) is 0. The zero-order valence-electron chi connectivity index (χ0n) is 17.7. The molecule has 0 unspecified atom stereocenters. The van der Waals surface area contributed by atoms with Gasteiger partial charge in [0.25, 0.3) is 5.91 Å². The molecule has 6 nitrogen and oxygen atoms in total. The van der Waals surface area contributed by atoms with Crippen molar-refractivity contribution in [2.75, 3.05) is 12.4 Å². The third-order valence-electron chi connectivity index (χ3n) is 4.89. The summed E-state index contributed by atoms with van der Waals surface area (Å²) in [7, 11) is 1.49. The highest BCUT2D eigenvalue weighted by Gasteiger charge is 2.16. The first-order valence-corrected chi connectivity index (χ1v) is 10.4. The number of anilines is 1. The predicted molar refractivity (Wildman–Crippen MR) is 129 cm³/mol. The van der Waals surface area contributed by atoms with E-state index in [0.717, 1.165) is 11.3 Å². The van der Waals surface area contributed by atoms with Gasteiger partial charge in [0.05, 0.1) is 24.2 Å². The molecule has 0 bridgehead atoms. The fraction of sp³-hybridized carbons (Fsp3) is 0.0385. The molecular weight excluding hydrogens is 436 g/mol. The van der Waals surface area contributed by atoms with Gasteiger partial charge in [0.2, 0.25) is 0 Å². The Morgan fingerprint density at radius 1 is 1.09 bits per heavy atom. The Kier molecular flexibility index (Phi) is 6.53. The molecule has 4 aromatic rings. The van der Waals surface area contributed by atoms with Crippen LogP contribution in [0.4, 0.5) is 5.69 Å². The summed E-state index contributed by atoms with van der Waals surface area (Å²) in [6, 6.07) is 26.1. The quantitative estimate of drug-likeness (QED) is 0.297. The van der Waals surface area contributed by atoms with Crippen LogP contribution in [0.1, 0.15) is 5.56 Å². The van der Waals surface area contributed by atoms with Crippen LogP contribution in [-0.4, -0.2) is 22.8 Å². The molecule has 0 fully saturated rings. The first kappa shape index (κ1) is 21.9. The van der Waals surface area contributed by atoms with Gasteiger partial charge in [-0.15, -0.1) is 0 Å². The third-order valence-corrected chi connectivity index (χ3v) is 5.12. The average molecular weight is 455 g/mol. The Hall–Kier alpha value is -4.34. The summed E-state index contributed by atoms with van der Waals surface area (Å²) in [5.74, 6) is -0.142. The van der Waals surface area contributed by atoms with Gasteiger partial charge in [0, 0.05) is 22.3 Å². The minimum absolute atomic E-state index is 0.0816. The van der Waals surface area contributed by atoms with Gasteiger partial charge >= 0.3 is 0 Å². The van der Waals surface area contributed by atoms with Gasteiger partial charge in [-0.3, -0.25) is 4.79 Å². The molecule has 162 valence electrons. The maximum atomic E-state index is 12.9. The molecule has 0 atom stereocenters. The first-order valence-electron chi connectivity index (χ1n) is 10.1. The van der Waals surface area contributed by atoms with Crippen LogP contribution in [-0.2, 0) is 4.79 Å². The van der Waals surface area contributed by atoms with Gasteiger partial charge in [-0.05, 0) is 36.4 Å². The molecule has 1 N–H and O–H groups in total. The van der Waals surface area contributed by atoms with E-state index in [1.165, 1.54) is 13.2 Å². The highest BCUT2D eigenvalue weighted by Crippen LogP contribution is 2.29. The summed E-state index contributed by atoms with van der Waals surface area (Å²) >= 11 is 6.05. The molecule has 0 saturated heterocycles. The number of halogens is 1. The molecule has 4 rings (SSSR count). The second kappa shape index (κ2) is 9.86. The number of nitrogens with one attached hydrogen (secondary N) is 1. The van der Waals surface area contributed by atoms with E-state index in [2.05, 4.69) is 5.32 Å². The van der Waals surface area contributed by atoms with Crippen molar-refractivity contribution in [1.82, 2.24) is 9.78 Å². The molecule has 0 saturated carbocycles. The van der Waals surface area contributed by atoms with Crippen LogP contribution in [0.15, 0.2) is 90.6 Å². The topological polar surface area (TPSA) is 79.9 Å². The Morgan fingerprint density at radius 2 is 1.79 bits per heavy atom. The van der Waals surface area contributed by atoms with Crippen LogP contribution < -0.4 is 10.1 Å². The Bertz CT molecular complexity index is 1360. The van der Waals surface area contributed by atoms with Crippen LogP contribution in [0.2, 0.25) is 5.02 Å². The van der Waals surface area contributed by atoms with Gasteiger partial charge in [0.1, 0.15) is 17.4 Å². The summed E-state index contributed by atoms with van der Waals surface area (Å²) in [5.41, 5.74) is 3.31. The molecule has 7 heteroatoms. The Balaban J connectivity index is 1.74. The summed E-state index contributed by atoms with van der Waals surface area (Å²) in [5, 5.41) is 17.6. The molecule has 0 spiro atoms. The lowest BCUT2D eigenvalue weighted by molar-refractivity contribution is -0.112. The molecule has 33 heavy (non-hydrogen) atoms. The number of hydrogen-bond acceptors (Lipinski definition) is 4. The van der Waals surface area contributed by atoms with E-state index in [9.17, 15) is 10.1 Å². The Labute approximate surface area is 196 Å². The number of aromatic nitrogens is 2. The minimum atomic E-state index is -0.579. The normalized spacial score (nSPS) is 11.0. The third kappa shape index (κ3) is 4.95. The van der Waals surface area contributed by atoms with E-state index in [1.54, 1.807) is 29.1 Å². The predicted octanol–water partition coefficient (Wildman–Crippen LogP) is 5.75. The lowest BCUT2D eigenvalue weighted by Gasteiger charge is -2.10. The number of hydrogen-bond donors (Lipinski definition) is 1. The molecule has 0 radical (unpaired) electrons. The van der Waals surface area contributed by atoms with Gasteiger partial charge in [0.15, 0.2) is 0 Å². The van der Waals surface area contributed by atoms with Gasteiger partial charge in [-0.25, -0.2) is 4.68 Å². The number of nitrogens with zero attached hydrogens (tertiary/aromatic N) is 3. The van der Waals surface area contributed by atoms with Crippen LogP contribution in [0.3, 0.4) is 0 Å². The molecule has 0 aliphatic carbocycles. The van der Waals surface area contributed by atoms with Crippen LogP contribution in [0.5, 0.6) is 5.75 Å². The van der Waals surface area contributed by atoms with E-state index < -0.39 is 5.91 Å². The molecule has 3 aromatic carbocycles. The van der Waals surface area contributed by atoms with Crippen molar-refractivity contribution in [2.24, 2.45) is 0 Å². The van der Waals surface area contributed by atoms with E-state index >= 15 is 0 Å². The zero-order valence-corrected chi connectivity index (χ0v) is 18.5. The molecular formula is C26H19ClN4O2. The van der Waals surface area contributed by atoms with E-state index in [1.807, 2.05) is 66.7 Å². The largest absolute Gasteiger partial charge is 0.495 e. The van der Waals surface area contributed by atoms with E-state index in [-0.39, 0.29) is 5.57 Å². The smallest absolute Gasteiger partial charge is 0.266 e. The summed E-state index contributed by atoms with van der Waals surface area (Å²) < 4.78 is 7.00. The zero-order chi connectivity index (χ0) is 23.2. The Morgan fingerprint density at radius 3 is 2.45 bits per heavy atom. The van der Waals surface area contributed by atoms with Crippen molar-refractivity contribution < 1.29 is 9.53 Å². The van der Waals surface area contributed by atoms with Crippen LogP contribution in [0.25, 0.3) is 23.0 Å². The van der Waals surface area contributed by atoms with Gasteiger partial charge < -0.3 is 10.1 Å². The lowest BCUT2D eigenvalue weighted by Crippen LogP contribution is -2.14. The average Bonchev–Trinajstić information content (AvgIpc) is 3.27. The minimum Gasteiger partial charge on any atom is -0.495 e. The van der Waals surface area contributed by atoms with E-state index in [4.69, 9.17) is 21.4 Å². The van der Waals surface area contributed by atoms with Crippen molar-refractivity contribution in [2.45, 2.75) is 0 Å². The molecule has 1 aromatic heterocycles. The van der Waals surface area contributed by atoms with Crippen molar-refractivity contribution in [1.29, 1.82) is 5.26 Å². The fourth-order valence-corrected chi connectivity index (χ4v) is 3.47. The van der Waals surface area contributed by atoms with Crippen molar-refractivity contribution in [3.05, 3.63) is 101 Å². The number of carbonyl (C=O) groups is 1. The maximum absolute atomic E-state index is 12.9. The number of para-hydroxylation sites is 1. The number of nitriles is 1. The highest BCUT2D eigenvalue weighted by atomic mass is 35.5. The second-order valence-corrected chi connectivity index (χ2v) is 7.48. The number of amides is 1. The highest BCUT2D eigenvalue weighted by molar-refractivity contribution is 6.31. The van der Waals surface area contributed by atoms with Crippen LogP contribution in [0, 0.1) is 11.3 Å². The fourth-order valence-electron chi connectivity index (χ4n) is 3.30. The molecule has 1 heterocycles. The van der Waals surface area contributed by atoms with Gasteiger partial charge in [-0.2, -0.15) is 10.4 Å². The van der Waals surface area contributed by atoms with Crippen molar-refractivity contribution >= 4 is 29.3 Å². The van der Waals surface area contributed by atoms with Crippen molar-refractivity contribution in [3.63, 3.8) is 0 Å². The lowest BCUT2D eigenvalue weighted by atomic mass is 10.1. The number of benzene rings is 3. The maximum Gasteiger partial charge on any atom is 0.266 e. The number of carbonyl (C=O) groups excluding carboxylic acids is 1. The van der Waals surface area contributed by atoms with Crippen LogP contribution >= 0.6 is 11.6 Å².